The molecule has 0 aromatic heterocycles. The largest absolute Gasteiger partial charge is 0.370 e. The summed E-state index contributed by atoms with van der Waals surface area (Å²) >= 11 is 0. The first-order valence-electron chi connectivity index (χ1n) is 6.22. The predicted octanol–water partition coefficient (Wildman–Crippen LogP) is 1.24. The van der Waals surface area contributed by atoms with Gasteiger partial charge in [-0.1, -0.05) is 6.07 Å². The van der Waals surface area contributed by atoms with E-state index in [1.165, 1.54) is 24.0 Å². The highest BCUT2D eigenvalue weighted by atomic mass is 15.2. The van der Waals surface area contributed by atoms with E-state index in [1.807, 2.05) is 13.0 Å². The molecule has 1 aliphatic rings. The van der Waals surface area contributed by atoms with Crippen LogP contribution in [-0.2, 0) is 12.8 Å². The fourth-order valence-electron chi connectivity index (χ4n) is 2.15. The SMILES string of the molecule is CCN=C(N=C(N)N)Nc1ccc2c(c1)CCC2. The molecule has 96 valence electrons. The van der Waals surface area contributed by atoms with E-state index >= 15 is 0 Å². The van der Waals surface area contributed by atoms with Gasteiger partial charge in [0.25, 0.3) is 0 Å². The van der Waals surface area contributed by atoms with Crippen molar-refractivity contribution in [3.63, 3.8) is 0 Å². The number of nitrogens with zero attached hydrogens (tertiary/aromatic N) is 2. The molecule has 0 aliphatic heterocycles. The Kier molecular flexibility index (Phi) is 3.82. The standard InChI is InChI=1S/C13H19N5/c1-2-16-13(18-12(14)15)17-11-7-6-9-4-3-5-10(9)8-11/h6-8H,2-5H2,1H3,(H5,14,15,16,17,18). The molecule has 5 nitrogen and oxygen atoms in total. The Hall–Kier alpha value is -2.04. The maximum Gasteiger partial charge on any atom is 0.225 e. The third-order valence-corrected chi connectivity index (χ3v) is 2.90. The van der Waals surface area contributed by atoms with Gasteiger partial charge >= 0.3 is 0 Å². The minimum atomic E-state index is 0.0101. The number of nitrogens with two attached hydrogens (primary N) is 2. The van der Waals surface area contributed by atoms with E-state index < -0.39 is 0 Å². The molecule has 0 spiro atoms. The number of aliphatic imine (C=N–C) groups is 2. The third kappa shape index (κ3) is 3.00. The summed E-state index contributed by atoms with van der Waals surface area (Å²) in [6.07, 6.45) is 3.56. The normalized spacial score (nSPS) is 14.2. The van der Waals surface area contributed by atoms with E-state index in [1.54, 1.807) is 0 Å². The molecule has 0 saturated heterocycles. The predicted molar refractivity (Wildman–Crippen MR) is 75.9 cm³/mol. The molecule has 0 unspecified atom stereocenters. The van der Waals surface area contributed by atoms with Crippen molar-refractivity contribution in [3.8, 4) is 0 Å². The van der Waals surface area contributed by atoms with Crippen LogP contribution in [0.25, 0.3) is 0 Å². The van der Waals surface area contributed by atoms with Crippen LogP contribution < -0.4 is 16.8 Å². The molecule has 0 fully saturated rings. The van der Waals surface area contributed by atoms with Crippen LogP contribution in [-0.4, -0.2) is 18.5 Å². The van der Waals surface area contributed by atoms with Crippen molar-refractivity contribution in [1.29, 1.82) is 0 Å². The molecule has 5 heteroatoms. The number of fused-ring (bicyclic) bond motifs is 1. The lowest BCUT2D eigenvalue weighted by Crippen LogP contribution is -2.26. The van der Waals surface area contributed by atoms with Crippen molar-refractivity contribution < 1.29 is 0 Å². The Morgan fingerprint density at radius 1 is 1.28 bits per heavy atom. The Morgan fingerprint density at radius 3 is 2.78 bits per heavy atom. The Bertz CT molecular complexity index is 486. The lowest BCUT2D eigenvalue weighted by molar-refractivity contribution is 0.912. The van der Waals surface area contributed by atoms with Gasteiger partial charge in [0.05, 0.1) is 0 Å². The van der Waals surface area contributed by atoms with Crippen LogP contribution in [0.3, 0.4) is 0 Å². The number of guanidine groups is 2. The van der Waals surface area contributed by atoms with Gasteiger partial charge in [-0.05, 0) is 49.4 Å². The monoisotopic (exact) mass is 245 g/mol. The summed E-state index contributed by atoms with van der Waals surface area (Å²) in [4.78, 5) is 8.18. The second-order valence-corrected chi connectivity index (χ2v) is 4.30. The van der Waals surface area contributed by atoms with Crippen LogP contribution >= 0.6 is 0 Å². The van der Waals surface area contributed by atoms with Gasteiger partial charge in [-0.15, -0.1) is 0 Å². The van der Waals surface area contributed by atoms with Crippen LogP contribution in [0.4, 0.5) is 5.69 Å². The van der Waals surface area contributed by atoms with Crippen LogP contribution in [0.5, 0.6) is 0 Å². The van der Waals surface area contributed by atoms with Gasteiger partial charge in [0, 0.05) is 12.2 Å². The molecule has 0 amide bonds. The first kappa shape index (κ1) is 12.4. The van der Waals surface area contributed by atoms with Gasteiger partial charge in [0.2, 0.25) is 5.96 Å². The highest BCUT2D eigenvalue weighted by Gasteiger charge is 2.11. The lowest BCUT2D eigenvalue weighted by atomic mass is 10.1. The highest BCUT2D eigenvalue weighted by Crippen LogP contribution is 2.24. The quantitative estimate of drug-likeness (QED) is 0.541. The van der Waals surface area contributed by atoms with Crippen LogP contribution in [0.1, 0.15) is 24.5 Å². The molecule has 0 heterocycles. The molecule has 0 bridgehead atoms. The van der Waals surface area contributed by atoms with Gasteiger partial charge in [-0.3, -0.25) is 4.99 Å². The third-order valence-electron chi connectivity index (χ3n) is 2.90. The van der Waals surface area contributed by atoms with E-state index in [4.69, 9.17) is 11.5 Å². The maximum absolute atomic E-state index is 5.37. The van der Waals surface area contributed by atoms with E-state index in [2.05, 4.69) is 27.4 Å². The lowest BCUT2D eigenvalue weighted by Gasteiger charge is -2.08. The summed E-state index contributed by atoms with van der Waals surface area (Å²) in [7, 11) is 0. The molecule has 0 saturated carbocycles. The summed E-state index contributed by atoms with van der Waals surface area (Å²) in [5.74, 6) is 0.464. The second kappa shape index (κ2) is 5.53. The summed E-state index contributed by atoms with van der Waals surface area (Å²) in [5.41, 5.74) is 14.6. The zero-order valence-electron chi connectivity index (χ0n) is 10.6. The highest BCUT2D eigenvalue weighted by molar-refractivity contribution is 6.01. The number of aryl methyl sites for hydroxylation is 2. The maximum atomic E-state index is 5.37. The number of benzene rings is 1. The van der Waals surface area contributed by atoms with E-state index in [0.29, 0.717) is 12.5 Å². The number of rotatable bonds is 2. The van der Waals surface area contributed by atoms with E-state index in [9.17, 15) is 0 Å². The van der Waals surface area contributed by atoms with Crippen molar-refractivity contribution in [2.24, 2.45) is 21.5 Å². The van der Waals surface area contributed by atoms with Gasteiger partial charge in [-0.25, -0.2) is 0 Å². The summed E-state index contributed by atoms with van der Waals surface area (Å²) in [6.45, 7) is 2.57. The van der Waals surface area contributed by atoms with E-state index in [0.717, 1.165) is 12.1 Å². The zero-order chi connectivity index (χ0) is 13.0. The van der Waals surface area contributed by atoms with Crippen LogP contribution in [0.15, 0.2) is 28.2 Å². The first-order chi connectivity index (χ1) is 8.69. The molecule has 1 aromatic carbocycles. The molecule has 5 N–H and O–H groups in total. The summed E-state index contributed by atoms with van der Waals surface area (Å²) < 4.78 is 0. The number of hydrogen-bond donors (Lipinski definition) is 3. The number of nitrogens with one attached hydrogen (secondary N) is 1. The number of hydrogen-bond acceptors (Lipinski definition) is 1. The minimum absolute atomic E-state index is 0.0101. The summed E-state index contributed by atoms with van der Waals surface area (Å²) in [6, 6.07) is 6.34. The molecule has 0 atom stereocenters. The smallest absolute Gasteiger partial charge is 0.225 e. The molecule has 18 heavy (non-hydrogen) atoms. The first-order valence-corrected chi connectivity index (χ1v) is 6.22. The molecular weight excluding hydrogens is 226 g/mol. The Morgan fingerprint density at radius 2 is 2.06 bits per heavy atom. The summed E-state index contributed by atoms with van der Waals surface area (Å²) in [5, 5.41) is 3.14. The van der Waals surface area contributed by atoms with E-state index in [-0.39, 0.29) is 5.96 Å². The van der Waals surface area contributed by atoms with Crippen molar-refractivity contribution >= 4 is 17.6 Å². The van der Waals surface area contributed by atoms with Gasteiger partial charge in [0.1, 0.15) is 0 Å². The van der Waals surface area contributed by atoms with Crippen LogP contribution in [0, 0.1) is 0 Å². The fraction of sp³-hybridized carbons (Fsp3) is 0.385. The van der Waals surface area contributed by atoms with Crippen molar-refractivity contribution in [2.75, 3.05) is 11.9 Å². The van der Waals surface area contributed by atoms with Crippen molar-refractivity contribution in [2.45, 2.75) is 26.2 Å². The molecule has 2 rings (SSSR count). The van der Waals surface area contributed by atoms with Crippen molar-refractivity contribution in [1.82, 2.24) is 0 Å². The van der Waals surface area contributed by atoms with Gasteiger partial charge in [-0.2, -0.15) is 4.99 Å². The minimum Gasteiger partial charge on any atom is -0.370 e. The average Bonchev–Trinajstić information content (AvgIpc) is 2.75. The molecule has 1 aromatic rings. The average molecular weight is 245 g/mol. The zero-order valence-corrected chi connectivity index (χ0v) is 10.6. The van der Waals surface area contributed by atoms with Crippen LogP contribution in [0.2, 0.25) is 0 Å². The Balaban J connectivity index is 2.17. The topological polar surface area (TPSA) is 88.8 Å². The van der Waals surface area contributed by atoms with Gasteiger partial charge < -0.3 is 16.8 Å². The number of anilines is 1. The molecule has 0 radical (unpaired) electrons. The molecular formula is C13H19N5. The van der Waals surface area contributed by atoms with Crippen molar-refractivity contribution in [3.05, 3.63) is 29.3 Å². The van der Waals surface area contributed by atoms with Gasteiger partial charge in [0.15, 0.2) is 5.96 Å². The Labute approximate surface area is 107 Å². The fourth-order valence-corrected chi connectivity index (χ4v) is 2.15. The molecule has 1 aliphatic carbocycles. The second-order valence-electron chi connectivity index (χ2n) is 4.30.